The fourth-order valence-electron chi connectivity index (χ4n) is 2.94. The maximum atomic E-state index is 6.22. The molecule has 4 nitrogen and oxygen atoms in total. The molecule has 1 heterocycles. The molecule has 0 bridgehead atoms. The van der Waals surface area contributed by atoms with Crippen LogP contribution in [0.15, 0.2) is 4.52 Å². The molecule has 0 saturated heterocycles. The highest BCUT2D eigenvalue weighted by Gasteiger charge is 2.32. The predicted molar refractivity (Wildman–Crippen MR) is 71.1 cm³/mol. The molecule has 2 rings (SSSR count). The van der Waals surface area contributed by atoms with Crippen molar-refractivity contribution in [1.29, 1.82) is 0 Å². The van der Waals surface area contributed by atoms with Crippen LogP contribution >= 0.6 is 0 Å². The summed E-state index contributed by atoms with van der Waals surface area (Å²) in [5.41, 5.74) is 5.73. The number of nitrogens with two attached hydrogens (primary N) is 1. The van der Waals surface area contributed by atoms with Crippen molar-refractivity contribution in [2.45, 2.75) is 70.8 Å². The Morgan fingerprint density at radius 2 is 2.17 bits per heavy atom. The van der Waals surface area contributed by atoms with Crippen LogP contribution in [0, 0.1) is 5.92 Å². The van der Waals surface area contributed by atoms with E-state index in [1.54, 1.807) is 0 Å². The molecule has 3 atom stereocenters. The predicted octanol–water partition coefficient (Wildman–Crippen LogP) is 3.34. The van der Waals surface area contributed by atoms with Crippen molar-refractivity contribution < 1.29 is 4.52 Å². The summed E-state index contributed by atoms with van der Waals surface area (Å²) in [6.45, 7) is 6.34. The molecule has 0 spiro atoms. The van der Waals surface area contributed by atoms with Crippen molar-refractivity contribution in [3.8, 4) is 0 Å². The van der Waals surface area contributed by atoms with Crippen molar-refractivity contribution >= 4 is 0 Å². The molecule has 0 radical (unpaired) electrons. The second-order valence-corrected chi connectivity index (χ2v) is 5.91. The van der Waals surface area contributed by atoms with Gasteiger partial charge in [-0.1, -0.05) is 31.8 Å². The van der Waals surface area contributed by atoms with Gasteiger partial charge in [0.1, 0.15) is 0 Å². The first-order valence-corrected chi connectivity index (χ1v) is 7.19. The molecule has 4 heteroatoms. The van der Waals surface area contributed by atoms with Crippen LogP contribution in [-0.2, 0) is 5.54 Å². The molecule has 0 amide bonds. The van der Waals surface area contributed by atoms with E-state index in [0.29, 0.717) is 11.8 Å². The van der Waals surface area contributed by atoms with E-state index in [2.05, 4.69) is 24.0 Å². The first-order chi connectivity index (χ1) is 8.56. The second kappa shape index (κ2) is 5.39. The van der Waals surface area contributed by atoms with E-state index in [1.165, 1.54) is 25.7 Å². The van der Waals surface area contributed by atoms with Crippen LogP contribution in [0.5, 0.6) is 0 Å². The molecule has 18 heavy (non-hydrogen) atoms. The maximum absolute atomic E-state index is 6.22. The van der Waals surface area contributed by atoms with Crippen molar-refractivity contribution in [1.82, 2.24) is 10.1 Å². The van der Waals surface area contributed by atoms with Crippen molar-refractivity contribution in [3.63, 3.8) is 0 Å². The lowest BCUT2D eigenvalue weighted by atomic mass is 9.97. The van der Waals surface area contributed by atoms with Gasteiger partial charge in [0.15, 0.2) is 5.82 Å². The molecule has 1 aliphatic rings. The van der Waals surface area contributed by atoms with Crippen molar-refractivity contribution in [2.75, 3.05) is 0 Å². The Morgan fingerprint density at radius 1 is 1.39 bits per heavy atom. The van der Waals surface area contributed by atoms with Crippen LogP contribution in [0.1, 0.15) is 76.9 Å². The molecular formula is C14H25N3O. The van der Waals surface area contributed by atoms with Gasteiger partial charge in [0.25, 0.3) is 0 Å². The highest BCUT2D eigenvalue weighted by atomic mass is 16.5. The van der Waals surface area contributed by atoms with E-state index >= 15 is 0 Å². The summed E-state index contributed by atoms with van der Waals surface area (Å²) in [5.74, 6) is 2.77. The van der Waals surface area contributed by atoms with Gasteiger partial charge in [-0.15, -0.1) is 0 Å². The van der Waals surface area contributed by atoms with Crippen LogP contribution in [0.2, 0.25) is 0 Å². The third-order valence-electron chi connectivity index (χ3n) is 4.18. The van der Waals surface area contributed by atoms with E-state index in [4.69, 9.17) is 10.3 Å². The molecule has 1 aromatic heterocycles. The van der Waals surface area contributed by atoms with E-state index in [-0.39, 0.29) is 0 Å². The van der Waals surface area contributed by atoms with Gasteiger partial charge in [0.05, 0.1) is 5.54 Å². The van der Waals surface area contributed by atoms with Crippen LogP contribution in [0.4, 0.5) is 0 Å². The molecule has 1 aliphatic carbocycles. The Labute approximate surface area is 109 Å². The molecule has 0 aromatic carbocycles. The molecule has 3 unspecified atom stereocenters. The SMILES string of the molecule is CCCC(C)(N)c1nc(C2CCC(CC)C2)no1. The molecule has 102 valence electrons. The molecule has 0 aliphatic heterocycles. The zero-order chi connectivity index (χ0) is 13.2. The smallest absolute Gasteiger partial charge is 0.246 e. The minimum atomic E-state index is -0.483. The quantitative estimate of drug-likeness (QED) is 0.871. The van der Waals surface area contributed by atoms with E-state index in [1.807, 2.05) is 6.92 Å². The summed E-state index contributed by atoms with van der Waals surface area (Å²) >= 11 is 0. The third-order valence-corrected chi connectivity index (χ3v) is 4.18. The van der Waals surface area contributed by atoms with Gasteiger partial charge in [-0.25, -0.2) is 0 Å². The Hall–Kier alpha value is -0.900. The minimum absolute atomic E-state index is 0.477. The zero-order valence-electron chi connectivity index (χ0n) is 11.8. The summed E-state index contributed by atoms with van der Waals surface area (Å²) in [6, 6.07) is 0. The summed E-state index contributed by atoms with van der Waals surface area (Å²) < 4.78 is 5.38. The van der Waals surface area contributed by atoms with Crippen molar-refractivity contribution in [2.24, 2.45) is 11.7 Å². The van der Waals surface area contributed by atoms with Gasteiger partial charge < -0.3 is 10.3 Å². The number of hydrogen-bond donors (Lipinski definition) is 1. The highest BCUT2D eigenvalue weighted by molar-refractivity contribution is 5.04. The Bertz CT molecular complexity index is 386. The Balaban J connectivity index is 2.07. The maximum Gasteiger partial charge on any atom is 0.246 e. The topological polar surface area (TPSA) is 64.9 Å². The summed E-state index contributed by atoms with van der Waals surface area (Å²) in [5, 5.41) is 4.15. The molecule has 1 fully saturated rings. The molecule has 2 N–H and O–H groups in total. The zero-order valence-corrected chi connectivity index (χ0v) is 11.8. The van der Waals surface area contributed by atoms with Crippen LogP contribution in [-0.4, -0.2) is 10.1 Å². The van der Waals surface area contributed by atoms with Gasteiger partial charge in [-0.05, 0) is 38.5 Å². The van der Waals surface area contributed by atoms with Crippen LogP contribution in [0.3, 0.4) is 0 Å². The Kier molecular flexibility index (Phi) is 4.05. The second-order valence-electron chi connectivity index (χ2n) is 5.91. The van der Waals surface area contributed by atoms with Crippen LogP contribution < -0.4 is 5.73 Å². The number of nitrogens with zero attached hydrogens (tertiary/aromatic N) is 2. The fourth-order valence-corrected chi connectivity index (χ4v) is 2.94. The lowest BCUT2D eigenvalue weighted by molar-refractivity contribution is 0.281. The van der Waals surface area contributed by atoms with Gasteiger partial charge in [0.2, 0.25) is 5.89 Å². The fraction of sp³-hybridized carbons (Fsp3) is 0.857. The lowest BCUT2D eigenvalue weighted by Gasteiger charge is -2.18. The largest absolute Gasteiger partial charge is 0.337 e. The molecular weight excluding hydrogens is 226 g/mol. The third kappa shape index (κ3) is 2.74. The first kappa shape index (κ1) is 13.5. The summed E-state index contributed by atoms with van der Waals surface area (Å²) in [6.07, 6.45) is 6.82. The molecule has 1 aromatic rings. The Morgan fingerprint density at radius 3 is 2.78 bits per heavy atom. The highest BCUT2D eigenvalue weighted by Crippen LogP contribution is 2.38. The van der Waals surface area contributed by atoms with E-state index < -0.39 is 5.54 Å². The van der Waals surface area contributed by atoms with E-state index in [9.17, 15) is 0 Å². The lowest BCUT2D eigenvalue weighted by Crippen LogP contribution is -2.33. The van der Waals surface area contributed by atoms with E-state index in [0.717, 1.165) is 24.6 Å². The van der Waals surface area contributed by atoms with Gasteiger partial charge in [-0.3, -0.25) is 0 Å². The van der Waals surface area contributed by atoms with Crippen molar-refractivity contribution in [3.05, 3.63) is 11.7 Å². The average molecular weight is 251 g/mol. The number of hydrogen-bond acceptors (Lipinski definition) is 4. The van der Waals surface area contributed by atoms with Gasteiger partial charge >= 0.3 is 0 Å². The summed E-state index contributed by atoms with van der Waals surface area (Å²) in [7, 11) is 0. The van der Waals surface area contributed by atoms with Gasteiger partial charge in [0, 0.05) is 5.92 Å². The average Bonchev–Trinajstić information content (AvgIpc) is 2.98. The minimum Gasteiger partial charge on any atom is -0.337 e. The number of rotatable bonds is 5. The normalized spacial score (nSPS) is 27.3. The number of aromatic nitrogens is 2. The van der Waals surface area contributed by atoms with Gasteiger partial charge in [-0.2, -0.15) is 4.98 Å². The standard InChI is InChI=1S/C14H25N3O/c1-4-8-14(3,15)13-16-12(17-18-13)11-7-6-10(5-2)9-11/h10-11H,4-9,15H2,1-3H3. The monoisotopic (exact) mass is 251 g/mol. The van der Waals surface area contributed by atoms with Crippen LogP contribution in [0.25, 0.3) is 0 Å². The first-order valence-electron chi connectivity index (χ1n) is 7.19. The molecule has 1 saturated carbocycles. The summed E-state index contributed by atoms with van der Waals surface area (Å²) in [4.78, 5) is 4.55.